The Morgan fingerprint density at radius 1 is 1.56 bits per heavy atom. The lowest BCUT2D eigenvalue weighted by atomic mass is 10.0. The van der Waals surface area contributed by atoms with Gasteiger partial charge in [0.2, 0.25) is 0 Å². The SMILES string of the molecule is COC1CCCN(CC(N)c2cccc(F)c2)C1. The molecule has 0 aliphatic carbocycles. The zero-order chi connectivity index (χ0) is 13.0. The first-order valence-corrected chi connectivity index (χ1v) is 6.45. The molecule has 2 N–H and O–H groups in total. The van der Waals surface area contributed by atoms with E-state index in [4.69, 9.17) is 10.5 Å². The predicted molar refractivity (Wildman–Crippen MR) is 69.8 cm³/mol. The highest BCUT2D eigenvalue weighted by Crippen LogP contribution is 2.17. The van der Waals surface area contributed by atoms with Crippen LogP contribution in [0.3, 0.4) is 0 Å². The van der Waals surface area contributed by atoms with Crippen molar-refractivity contribution in [1.29, 1.82) is 0 Å². The summed E-state index contributed by atoms with van der Waals surface area (Å²) in [6, 6.07) is 6.40. The van der Waals surface area contributed by atoms with Gasteiger partial charge in [-0.25, -0.2) is 4.39 Å². The molecule has 1 aliphatic heterocycles. The van der Waals surface area contributed by atoms with E-state index < -0.39 is 0 Å². The summed E-state index contributed by atoms with van der Waals surface area (Å²) in [5.74, 6) is -0.226. The second-order valence-electron chi connectivity index (χ2n) is 4.92. The predicted octanol–water partition coefficient (Wildman–Crippen LogP) is 1.94. The lowest BCUT2D eigenvalue weighted by molar-refractivity contribution is 0.0294. The summed E-state index contributed by atoms with van der Waals surface area (Å²) >= 11 is 0. The molecule has 2 atom stereocenters. The number of piperidine rings is 1. The Morgan fingerprint density at radius 3 is 3.11 bits per heavy atom. The summed E-state index contributed by atoms with van der Waals surface area (Å²) < 4.78 is 18.5. The average molecular weight is 252 g/mol. The van der Waals surface area contributed by atoms with Gasteiger partial charge in [0, 0.05) is 26.2 Å². The van der Waals surface area contributed by atoms with E-state index in [0.29, 0.717) is 6.10 Å². The van der Waals surface area contributed by atoms with Crippen LogP contribution in [-0.4, -0.2) is 37.7 Å². The fraction of sp³-hybridized carbons (Fsp3) is 0.571. The van der Waals surface area contributed by atoms with Gasteiger partial charge in [0.15, 0.2) is 0 Å². The monoisotopic (exact) mass is 252 g/mol. The van der Waals surface area contributed by atoms with Gasteiger partial charge in [0.05, 0.1) is 6.10 Å². The molecule has 0 radical (unpaired) electrons. The van der Waals surface area contributed by atoms with Gasteiger partial charge >= 0.3 is 0 Å². The van der Waals surface area contributed by atoms with Gasteiger partial charge in [0.25, 0.3) is 0 Å². The molecule has 2 unspecified atom stereocenters. The molecule has 1 aromatic rings. The molecule has 1 saturated heterocycles. The largest absolute Gasteiger partial charge is 0.380 e. The van der Waals surface area contributed by atoms with Crippen LogP contribution in [0.5, 0.6) is 0 Å². The maximum Gasteiger partial charge on any atom is 0.123 e. The minimum atomic E-state index is -0.226. The second kappa shape index (κ2) is 6.27. The van der Waals surface area contributed by atoms with E-state index >= 15 is 0 Å². The van der Waals surface area contributed by atoms with E-state index in [1.54, 1.807) is 13.2 Å². The number of rotatable bonds is 4. The highest BCUT2D eigenvalue weighted by Gasteiger charge is 2.21. The van der Waals surface area contributed by atoms with Crippen LogP contribution in [0.1, 0.15) is 24.4 Å². The minimum Gasteiger partial charge on any atom is -0.380 e. The highest BCUT2D eigenvalue weighted by atomic mass is 19.1. The van der Waals surface area contributed by atoms with E-state index in [-0.39, 0.29) is 11.9 Å². The van der Waals surface area contributed by atoms with Crippen molar-refractivity contribution in [2.75, 3.05) is 26.7 Å². The maximum absolute atomic E-state index is 13.1. The number of hydrogen-bond donors (Lipinski definition) is 1. The molecular formula is C14H21FN2O. The lowest BCUT2D eigenvalue weighted by Crippen LogP contribution is -2.42. The fourth-order valence-corrected chi connectivity index (χ4v) is 2.49. The van der Waals surface area contributed by atoms with Crippen LogP contribution in [0.2, 0.25) is 0 Å². The van der Waals surface area contributed by atoms with Gasteiger partial charge in [-0.15, -0.1) is 0 Å². The standard InChI is InChI=1S/C14H21FN2O/c1-18-13-6-3-7-17(9-13)10-14(16)11-4-2-5-12(15)8-11/h2,4-5,8,13-14H,3,6-7,9-10,16H2,1H3. The first-order valence-electron chi connectivity index (χ1n) is 6.45. The quantitative estimate of drug-likeness (QED) is 0.890. The van der Waals surface area contributed by atoms with Crippen LogP contribution < -0.4 is 5.73 Å². The summed E-state index contributed by atoms with van der Waals surface area (Å²) in [5, 5.41) is 0. The number of nitrogens with two attached hydrogens (primary N) is 1. The van der Waals surface area contributed by atoms with E-state index in [2.05, 4.69) is 4.90 Å². The second-order valence-corrected chi connectivity index (χ2v) is 4.92. The van der Waals surface area contributed by atoms with Crippen LogP contribution in [0.25, 0.3) is 0 Å². The van der Waals surface area contributed by atoms with E-state index in [1.807, 2.05) is 6.07 Å². The number of benzene rings is 1. The van der Waals surface area contributed by atoms with E-state index in [0.717, 1.165) is 38.0 Å². The molecule has 1 aromatic carbocycles. The Labute approximate surface area is 108 Å². The molecule has 1 heterocycles. The molecule has 100 valence electrons. The molecule has 1 aliphatic rings. The van der Waals surface area contributed by atoms with Crippen LogP contribution in [0, 0.1) is 5.82 Å². The van der Waals surface area contributed by atoms with Crippen LogP contribution in [0.4, 0.5) is 4.39 Å². The molecule has 3 nitrogen and oxygen atoms in total. The number of likely N-dealkylation sites (tertiary alicyclic amines) is 1. The summed E-state index contributed by atoms with van der Waals surface area (Å²) in [6.07, 6.45) is 2.55. The molecule has 0 amide bonds. The molecule has 4 heteroatoms. The zero-order valence-corrected chi connectivity index (χ0v) is 10.8. The highest BCUT2D eigenvalue weighted by molar-refractivity contribution is 5.20. The fourth-order valence-electron chi connectivity index (χ4n) is 2.49. The number of halogens is 1. The Kier molecular flexibility index (Phi) is 4.69. The van der Waals surface area contributed by atoms with Crippen molar-refractivity contribution in [2.45, 2.75) is 25.0 Å². The summed E-state index contributed by atoms with van der Waals surface area (Å²) in [4.78, 5) is 2.30. The van der Waals surface area contributed by atoms with Gasteiger partial charge in [-0.1, -0.05) is 12.1 Å². The van der Waals surface area contributed by atoms with Gasteiger partial charge in [-0.05, 0) is 37.1 Å². The lowest BCUT2D eigenvalue weighted by Gasteiger charge is -2.33. The third-order valence-electron chi connectivity index (χ3n) is 3.53. The van der Waals surface area contributed by atoms with Gasteiger partial charge < -0.3 is 10.5 Å². The first kappa shape index (κ1) is 13.5. The zero-order valence-electron chi connectivity index (χ0n) is 10.8. The molecule has 18 heavy (non-hydrogen) atoms. The van der Waals surface area contributed by atoms with Crippen LogP contribution >= 0.6 is 0 Å². The van der Waals surface area contributed by atoms with Crippen LogP contribution in [0.15, 0.2) is 24.3 Å². The van der Waals surface area contributed by atoms with Crippen molar-refractivity contribution in [3.05, 3.63) is 35.6 Å². The van der Waals surface area contributed by atoms with Gasteiger partial charge in [-0.3, -0.25) is 4.90 Å². The number of hydrogen-bond acceptors (Lipinski definition) is 3. The summed E-state index contributed by atoms with van der Waals surface area (Å²) in [5.41, 5.74) is 6.99. The molecule has 0 aromatic heterocycles. The Balaban J connectivity index is 1.92. The minimum absolute atomic E-state index is 0.142. The Bertz CT molecular complexity index is 386. The normalized spacial score (nSPS) is 22.9. The molecular weight excluding hydrogens is 231 g/mol. The third-order valence-corrected chi connectivity index (χ3v) is 3.53. The first-order chi connectivity index (χ1) is 8.69. The van der Waals surface area contributed by atoms with Crippen molar-refractivity contribution >= 4 is 0 Å². The Hall–Kier alpha value is -0.970. The molecule has 0 saturated carbocycles. The van der Waals surface area contributed by atoms with Crippen molar-refractivity contribution in [3.8, 4) is 0 Å². The third kappa shape index (κ3) is 3.51. The molecule has 0 spiro atoms. The van der Waals surface area contributed by atoms with Crippen molar-refractivity contribution in [2.24, 2.45) is 5.73 Å². The molecule has 2 rings (SSSR count). The number of nitrogens with zero attached hydrogens (tertiary/aromatic N) is 1. The smallest absolute Gasteiger partial charge is 0.123 e. The Morgan fingerprint density at radius 2 is 2.39 bits per heavy atom. The molecule has 0 bridgehead atoms. The number of methoxy groups -OCH3 is 1. The van der Waals surface area contributed by atoms with E-state index in [9.17, 15) is 4.39 Å². The van der Waals surface area contributed by atoms with Crippen LogP contribution in [-0.2, 0) is 4.74 Å². The average Bonchev–Trinajstić information content (AvgIpc) is 2.39. The summed E-state index contributed by atoms with van der Waals surface area (Å²) in [6.45, 7) is 2.71. The van der Waals surface area contributed by atoms with Gasteiger partial charge in [0.1, 0.15) is 5.82 Å². The topological polar surface area (TPSA) is 38.5 Å². The number of ether oxygens (including phenoxy) is 1. The van der Waals surface area contributed by atoms with Crippen molar-refractivity contribution < 1.29 is 9.13 Å². The molecule has 1 fully saturated rings. The summed E-state index contributed by atoms with van der Waals surface area (Å²) in [7, 11) is 1.75. The van der Waals surface area contributed by atoms with Gasteiger partial charge in [-0.2, -0.15) is 0 Å². The van der Waals surface area contributed by atoms with Crippen molar-refractivity contribution in [1.82, 2.24) is 4.90 Å². The van der Waals surface area contributed by atoms with Crippen molar-refractivity contribution in [3.63, 3.8) is 0 Å². The van der Waals surface area contributed by atoms with E-state index in [1.165, 1.54) is 12.1 Å². The maximum atomic E-state index is 13.1.